The van der Waals surface area contributed by atoms with Crippen LogP contribution < -0.4 is 5.32 Å². The van der Waals surface area contributed by atoms with Crippen LogP contribution in [-0.4, -0.2) is 16.1 Å². The van der Waals surface area contributed by atoms with Crippen LogP contribution in [0.15, 0.2) is 65.3 Å². The summed E-state index contributed by atoms with van der Waals surface area (Å²) in [5.74, 6) is -1.06. The average molecular weight is 571 g/mol. The van der Waals surface area contributed by atoms with Crippen LogP contribution in [0.5, 0.6) is 0 Å². The van der Waals surface area contributed by atoms with Crippen molar-refractivity contribution in [2.75, 3.05) is 5.32 Å². The summed E-state index contributed by atoms with van der Waals surface area (Å²) in [4.78, 5) is 27.0. The maximum atomic E-state index is 14.3. The van der Waals surface area contributed by atoms with Crippen LogP contribution >= 0.6 is 34.3 Å². The van der Waals surface area contributed by atoms with Gasteiger partial charge >= 0.3 is 0 Å². The fourth-order valence-corrected chi connectivity index (χ4v) is 6.87. The molecule has 0 saturated heterocycles. The van der Waals surface area contributed by atoms with Crippen molar-refractivity contribution in [1.82, 2.24) is 10.2 Å². The topological polar surface area (TPSA) is 84.3 Å². The normalized spacial score (nSPS) is 12.8. The van der Waals surface area contributed by atoms with Crippen LogP contribution in [0.2, 0.25) is 5.02 Å². The van der Waals surface area contributed by atoms with Crippen LogP contribution in [0.1, 0.15) is 62.5 Å². The monoisotopic (exact) mass is 570 g/mol. The summed E-state index contributed by atoms with van der Waals surface area (Å²) in [5.41, 5.74) is 2.02. The van der Waals surface area contributed by atoms with Gasteiger partial charge in [0, 0.05) is 26.3 Å². The van der Waals surface area contributed by atoms with Gasteiger partial charge in [0.05, 0.1) is 5.41 Å². The van der Waals surface area contributed by atoms with E-state index in [4.69, 9.17) is 11.6 Å². The Morgan fingerprint density at radius 1 is 1.13 bits per heavy atom. The molecule has 2 heterocycles. The van der Waals surface area contributed by atoms with Crippen LogP contribution in [0.25, 0.3) is 10.4 Å². The van der Waals surface area contributed by atoms with Gasteiger partial charge in [-0.3, -0.25) is 4.79 Å². The molecule has 0 saturated carbocycles. The van der Waals surface area contributed by atoms with Crippen LogP contribution in [0, 0.1) is 16.1 Å². The zero-order chi connectivity index (χ0) is 27.5. The molecule has 0 radical (unpaired) electrons. The average Bonchev–Trinajstić information content (AvgIpc) is 3.59. The third-order valence-corrected chi connectivity index (χ3v) is 9.20. The van der Waals surface area contributed by atoms with E-state index >= 15 is 0 Å². The second kappa shape index (κ2) is 11.4. The Morgan fingerprint density at radius 3 is 2.50 bits per heavy atom. The zero-order valence-electron chi connectivity index (χ0n) is 21.5. The Balaban J connectivity index is 1.74. The first-order valence-electron chi connectivity index (χ1n) is 12.2. The molecular weight excluding hydrogens is 543 g/mol. The van der Waals surface area contributed by atoms with Crippen molar-refractivity contribution in [3.8, 4) is 10.4 Å². The van der Waals surface area contributed by atoms with Crippen molar-refractivity contribution in [2.45, 2.75) is 52.0 Å². The highest BCUT2D eigenvalue weighted by atomic mass is 35.5. The van der Waals surface area contributed by atoms with Gasteiger partial charge in [-0.1, -0.05) is 80.1 Å². The fraction of sp³-hybridized carbons (Fsp3) is 0.321. The summed E-state index contributed by atoms with van der Waals surface area (Å²) in [7, 11) is 0. The number of carbonyl (C=O) groups is 1. The number of hydrogen-bond acceptors (Lipinski definition) is 7. The van der Waals surface area contributed by atoms with E-state index in [0.29, 0.717) is 34.1 Å². The number of aromatic nitrogens is 2. The minimum atomic E-state index is -0.958. The van der Waals surface area contributed by atoms with E-state index in [-0.39, 0.29) is 11.7 Å². The van der Waals surface area contributed by atoms with E-state index in [9.17, 15) is 14.1 Å². The second-order valence-electron chi connectivity index (χ2n) is 9.63. The van der Waals surface area contributed by atoms with Crippen molar-refractivity contribution in [2.24, 2.45) is 10.6 Å². The van der Waals surface area contributed by atoms with Gasteiger partial charge in [-0.05, 0) is 54.3 Å². The number of amides is 1. The number of halogens is 2. The molecule has 0 aliphatic rings. The molecule has 0 bridgehead atoms. The molecule has 0 aliphatic carbocycles. The summed E-state index contributed by atoms with van der Waals surface area (Å²) in [6, 6.07) is 15.9. The number of benzene rings is 2. The number of anilines is 1. The van der Waals surface area contributed by atoms with E-state index in [0.717, 1.165) is 15.3 Å². The number of nitroso groups, excluding NO2 is 1. The predicted molar refractivity (Wildman–Crippen MR) is 153 cm³/mol. The first-order valence-corrected chi connectivity index (χ1v) is 14.3. The van der Waals surface area contributed by atoms with Gasteiger partial charge in [0.1, 0.15) is 16.9 Å². The Bertz CT molecular complexity index is 1430. The summed E-state index contributed by atoms with van der Waals surface area (Å²) >= 11 is 9.41. The van der Waals surface area contributed by atoms with Crippen molar-refractivity contribution in [3.63, 3.8) is 0 Å². The summed E-state index contributed by atoms with van der Waals surface area (Å²) in [5, 5.41) is 14.9. The van der Waals surface area contributed by atoms with E-state index < -0.39 is 16.9 Å². The molecule has 1 amide bonds. The molecule has 1 atom stereocenters. The van der Waals surface area contributed by atoms with Crippen LogP contribution in [0.4, 0.5) is 9.52 Å². The molecule has 4 aromatic rings. The number of nitrogens with zero attached hydrogens (tertiary/aromatic N) is 3. The standard InChI is InChI=1S/C28H28ClFN4O2S2/c1-5-28(6-2,34-36)20-11-10-17(15-21(20)29)22-12-13-23(38-22)24(18-8-7-9-19(30)14-18)27(3,4)25(35)32-26-33-31-16-37-26/h7-16,24H,5-6H2,1-4H3,(H,32,33,35). The van der Waals surface area contributed by atoms with E-state index in [1.54, 1.807) is 11.6 Å². The fourth-order valence-electron chi connectivity index (χ4n) is 4.76. The van der Waals surface area contributed by atoms with E-state index in [1.165, 1.54) is 34.8 Å². The highest BCUT2D eigenvalue weighted by Gasteiger charge is 2.40. The van der Waals surface area contributed by atoms with Gasteiger partial charge in [0.25, 0.3) is 0 Å². The molecule has 198 valence electrons. The van der Waals surface area contributed by atoms with Gasteiger partial charge < -0.3 is 5.32 Å². The molecule has 2 aromatic heterocycles. The van der Waals surface area contributed by atoms with Crippen molar-refractivity contribution in [3.05, 3.63) is 91.9 Å². The molecule has 1 N–H and O–H groups in total. The number of hydrogen-bond donors (Lipinski definition) is 1. The molecule has 0 aliphatic heterocycles. The Labute approximate surface area is 234 Å². The van der Waals surface area contributed by atoms with Gasteiger partial charge in [0.2, 0.25) is 11.0 Å². The van der Waals surface area contributed by atoms with E-state index in [1.807, 2.05) is 64.1 Å². The van der Waals surface area contributed by atoms with Crippen molar-refractivity contribution >= 4 is 45.3 Å². The van der Waals surface area contributed by atoms with Gasteiger partial charge in [0.15, 0.2) is 0 Å². The lowest BCUT2D eigenvalue weighted by molar-refractivity contribution is -0.124. The van der Waals surface area contributed by atoms with Gasteiger partial charge in [-0.15, -0.1) is 26.4 Å². The summed E-state index contributed by atoms with van der Waals surface area (Å²) in [6.07, 6.45) is 1.11. The number of rotatable bonds is 10. The maximum Gasteiger partial charge on any atom is 0.232 e. The highest BCUT2D eigenvalue weighted by Crippen LogP contribution is 2.47. The predicted octanol–water partition coefficient (Wildman–Crippen LogP) is 8.64. The molecule has 4 rings (SSSR count). The molecular formula is C28H28ClFN4O2S2. The molecule has 6 nitrogen and oxygen atoms in total. The zero-order valence-corrected chi connectivity index (χ0v) is 23.9. The Kier molecular flexibility index (Phi) is 8.40. The summed E-state index contributed by atoms with van der Waals surface area (Å²) in [6.45, 7) is 7.53. The third-order valence-electron chi connectivity index (χ3n) is 7.08. The van der Waals surface area contributed by atoms with E-state index in [2.05, 4.69) is 20.7 Å². The second-order valence-corrected chi connectivity index (χ2v) is 12.0. The third kappa shape index (κ3) is 5.41. The lowest BCUT2D eigenvalue weighted by atomic mass is 9.73. The first-order chi connectivity index (χ1) is 18.1. The number of carbonyl (C=O) groups excluding carboxylic acids is 1. The van der Waals surface area contributed by atoms with Crippen LogP contribution in [-0.2, 0) is 10.3 Å². The lowest BCUT2D eigenvalue weighted by Gasteiger charge is -2.32. The quantitative estimate of drug-likeness (QED) is 0.193. The SMILES string of the molecule is CCC(CC)(N=O)c1ccc(-c2ccc(C(c3cccc(F)c3)C(C)(C)C(=O)Nc3nncs3)s2)cc1Cl. The smallest absolute Gasteiger partial charge is 0.232 e. The number of thiophene rings is 1. The van der Waals surface area contributed by atoms with Crippen molar-refractivity contribution < 1.29 is 9.18 Å². The largest absolute Gasteiger partial charge is 0.300 e. The highest BCUT2D eigenvalue weighted by molar-refractivity contribution is 7.15. The minimum absolute atomic E-state index is 0.248. The Hall–Kier alpha value is -3.01. The molecule has 0 fully saturated rings. The minimum Gasteiger partial charge on any atom is -0.300 e. The summed E-state index contributed by atoms with van der Waals surface area (Å²) < 4.78 is 14.3. The molecule has 0 spiro atoms. The number of nitrogens with one attached hydrogen (secondary N) is 1. The van der Waals surface area contributed by atoms with Gasteiger partial charge in [-0.2, -0.15) is 0 Å². The van der Waals surface area contributed by atoms with Gasteiger partial charge in [-0.25, -0.2) is 4.39 Å². The molecule has 2 aromatic carbocycles. The molecule has 10 heteroatoms. The molecule has 1 unspecified atom stereocenters. The Morgan fingerprint density at radius 2 is 1.89 bits per heavy atom. The van der Waals surface area contributed by atoms with Crippen LogP contribution in [0.3, 0.4) is 0 Å². The lowest BCUT2D eigenvalue weighted by Crippen LogP contribution is -2.36. The maximum absolute atomic E-state index is 14.3. The first kappa shape index (κ1) is 28.0. The molecule has 38 heavy (non-hydrogen) atoms. The van der Waals surface area contributed by atoms with Crippen molar-refractivity contribution in [1.29, 1.82) is 0 Å².